The van der Waals surface area contributed by atoms with Crippen molar-refractivity contribution in [3.05, 3.63) is 0 Å². The Hall–Kier alpha value is -2.07. The number of esters is 2. The number of aliphatic hydroxyl groups excluding tert-OH is 1. The summed E-state index contributed by atoms with van der Waals surface area (Å²) in [4.78, 5) is 23.7. The highest BCUT2D eigenvalue weighted by Gasteiger charge is 2.85. The third-order valence-corrected chi connectivity index (χ3v) is 5.13. The highest BCUT2D eigenvalue weighted by molar-refractivity contribution is 9.10. The van der Waals surface area contributed by atoms with E-state index < -0.39 is 96.2 Å². The second kappa shape index (κ2) is 13.3. The van der Waals surface area contributed by atoms with Gasteiger partial charge in [-0.1, -0.05) is 15.9 Å². The molecule has 8 nitrogen and oxygen atoms in total. The van der Waals surface area contributed by atoms with Crippen LogP contribution < -0.4 is 0 Å². The Morgan fingerprint density at radius 3 is 1.21 bits per heavy atom. The monoisotopic (exact) mass is 812 g/mol. The summed E-state index contributed by atoms with van der Waals surface area (Å²) in [6.45, 7) is -2.50. The Kier molecular flexibility index (Phi) is 12.7. The zero-order valence-electron chi connectivity index (χ0n) is 22.5. The maximum Gasteiger partial charge on any atom is 0.460 e. The van der Waals surface area contributed by atoms with Crippen molar-refractivity contribution >= 4 is 27.9 Å². The van der Waals surface area contributed by atoms with Gasteiger partial charge < -0.3 is 14.6 Å². The first kappa shape index (κ1) is 44.9. The maximum atomic E-state index is 13.8. The number of carbonyl (C=O) groups is 2. The van der Waals surface area contributed by atoms with Crippen LogP contribution in [0.25, 0.3) is 0 Å². The lowest BCUT2D eigenvalue weighted by Gasteiger charge is -2.37. The SMILES string of the molecule is CC(C)(Br)C(=O)OCC(C)(CO)C(=O)OCC(F)(F)OC(F)(F)C(F)(F)OC(F)(F)C(F)(F)OC(F)(F)C(F)(F)C(F)(F)C(F)(F)F. The molecule has 0 spiro atoms. The smallest absolute Gasteiger partial charge is 0.460 e. The molecule has 0 heterocycles. The molecule has 1 atom stereocenters. The molecule has 47 heavy (non-hydrogen) atoms. The third-order valence-electron chi connectivity index (χ3n) is 4.80. The van der Waals surface area contributed by atoms with Crippen molar-refractivity contribution in [1.29, 1.82) is 0 Å². The zero-order chi connectivity index (χ0) is 38.3. The van der Waals surface area contributed by atoms with Crippen molar-refractivity contribution in [3.63, 3.8) is 0 Å². The Morgan fingerprint density at radius 1 is 0.532 bits per heavy atom. The second-order valence-corrected chi connectivity index (χ2v) is 11.5. The average molecular weight is 813 g/mol. The Labute approximate surface area is 255 Å². The number of hydrogen-bond donors (Lipinski definition) is 1. The van der Waals surface area contributed by atoms with Crippen molar-refractivity contribution in [2.24, 2.45) is 5.41 Å². The highest BCUT2D eigenvalue weighted by Crippen LogP contribution is 2.56. The van der Waals surface area contributed by atoms with E-state index in [-0.39, 0.29) is 0 Å². The number of halogens is 20. The molecular formula is C19H16BrF19O8. The molecule has 0 fully saturated rings. The summed E-state index contributed by atoms with van der Waals surface area (Å²) >= 11 is 2.80. The lowest BCUT2D eigenvalue weighted by molar-refractivity contribution is -0.569. The predicted octanol–water partition coefficient (Wildman–Crippen LogP) is 6.68. The Balaban J connectivity index is 5.93. The molecule has 28 heteroatoms. The number of carbonyl (C=O) groups excluding carboxylic acids is 2. The van der Waals surface area contributed by atoms with Crippen molar-refractivity contribution in [2.45, 2.75) is 79.8 Å². The van der Waals surface area contributed by atoms with Gasteiger partial charge in [0.15, 0.2) is 6.61 Å². The molecule has 0 aliphatic rings. The average Bonchev–Trinajstić information content (AvgIpc) is 2.81. The number of hydrogen-bond acceptors (Lipinski definition) is 8. The van der Waals surface area contributed by atoms with Gasteiger partial charge in [0.2, 0.25) is 0 Å². The van der Waals surface area contributed by atoms with E-state index in [0.29, 0.717) is 6.92 Å². The van der Waals surface area contributed by atoms with Crippen LogP contribution in [0.2, 0.25) is 0 Å². The van der Waals surface area contributed by atoms with E-state index in [0.717, 1.165) is 0 Å². The molecule has 0 aliphatic heterocycles. The van der Waals surface area contributed by atoms with Crippen LogP contribution in [0.4, 0.5) is 83.4 Å². The topological polar surface area (TPSA) is 101 Å². The normalized spacial score (nSPS) is 16.5. The summed E-state index contributed by atoms with van der Waals surface area (Å²) in [5, 5.41) is 9.28. The first-order chi connectivity index (χ1) is 20.2. The van der Waals surface area contributed by atoms with Crippen LogP contribution in [-0.4, -0.2) is 95.9 Å². The van der Waals surface area contributed by atoms with Gasteiger partial charge in [-0.3, -0.25) is 9.59 Å². The fraction of sp³-hybridized carbons (Fsp3) is 0.895. The van der Waals surface area contributed by atoms with Gasteiger partial charge in [-0.15, -0.1) is 0 Å². The minimum atomic E-state index is -8.24. The third kappa shape index (κ3) is 9.99. The molecule has 280 valence electrons. The Morgan fingerprint density at radius 2 is 0.872 bits per heavy atom. The molecule has 0 rings (SSSR count). The quantitative estimate of drug-likeness (QED) is 0.0987. The number of ether oxygens (including phenoxy) is 5. The van der Waals surface area contributed by atoms with Crippen LogP contribution in [0.3, 0.4) is 0 Å². The van der Waals surface area contributed by atoms with Crippen molar-refractivity contribution in [3.8, 4) is 0 Å². The molecule has 0 bridgehead atoms. The van der Waals surface area contributed by atoms with Gasteiger partial charge >= 0.3 is 66.6 Å². The van der Waals surface area contributed by atoms with Gasteiger partial charge in [-0.25, -0.2) is 14.2 Å². The molecule has 1 N–H and O–H groups in total. The summed E-state index contributed by atoms with van der Waals surface area (Å²) in [6, 6.07) is 0. The lowest BCUT2D eigenvalue weighted by atomic mass is 9.93. The van der Waals surface area contributed by atoms with E-state index in [1.54, 1.807) is 0 Å². The first-order valence-electron chi connectivity index (χ1n) is 11.0. The summed E-state index contributed by atoms with van der Waals surface area (Å²) in [6.07, 6.45) is -52.7. The Bertz CT molecular complexity index is 1120. The van der Waals surface area contributed by atoms with E-state index >= 15 is 0 Å². The van der Waals surface area contributed by atoms with E-state index in [4.69, 9.17) is 0 Å². The fourth-order valence-corrected chi connectivity index (χ4v) is 2.21. The van der Waals surface area contributed by atoms with Gasteiger partial charge in [0, 0.05) is 0 Å². The highest BCUT2D eigenvalue weighted by atomic mass is 79.9. The maximum absolute atomic E-state index is 13.8. The van der Waals surface area contributed by atoms with Gasteiger partial charge in [0.25, 0.3) is 0 Å². The summed E-state index contributed by atoms with van der Waals surface area (Å²) in [7, 11) is 0. The zero-order valence-corrected chi connectivity index (χ0v) is 24.1. The number of aliphatic hydroxyl groups is 1. The second-order valence-electron chi connectivity index (χ2n) is 9.52. The summed E-state index contributed by atoms with van der Waals surface area (Å²) < 4.78 is 261. The van der Waals surface area contributed by atoms with Crippen LogP contribution in [0.15, 0.2) is 0 Å². The molecule has 0 radical (unpaired) electrons. The molecule has 0 aromatic carbocycles. The van der Waals surface area contributed by atoms with E-state index in [2.05, 4.69) is 30.1 Å². The van der Waals surface area contributed by atoms with Crippen molar-refractivity contribution < 1.29 is 122 Å². The van der Waals surface area contributed by atoms with Crippen molar-refractivity contribution in [2.75, 3.05) is 19.8 Å². The fourth-order valence-electron chi connectivity index (χ4n) is 2.09. The molecule has 0 aliphatic carbocycles. The van der Waals surface area contributed by atoms with Crippen LogP contribution in [0.1, 0.15) is 20.8 Å². The van der Waals surface area contributed by atoms with E-state index in [1.165, 1.54) is 23.3 Å². The van der Waals surface area contributed by atoms with Gasteiger partial charge in [0.1, 0.15) is 16.3 Å². The molecule has 0 aromatic rings. The summed E-state index contributed by atoms with van der Waals surface area (Å²) in [5.41, 5.74) is -2.50. The molecule has 0 amide bonds. The molecule has 0 saturated heterocycles. The van der Waals surface area contributed by atoms with Crippen LogP contribution in [0, 0.1) is 5.41 Å². The predicted molar refractivity (Wildman–Crippen MR) is 109 cm³/mol. The van der Waals surface area contributed by atoms with Crippen LogP contribution in [-0.2, 0) is 33.3 Å². The largest absolute Gasteiger partial charge is 0.463 e. The van der Waals surface area contributed by atoms with Crippen molar-refractivity contribution in [1.82, 2.24) is 0 Å². The van der Waals surface area contributed by atoms with E-state index in [9.17, 15) is 98.1 Å². The van der Waals surface area contributed by atoms with Gasteiger partial charge in [-0.2, -0.15) is 83.4 Å². The molecular weight excluding hydrogens is 797 g/mol. The van der Waals surface area contributed by atoms with Gasteiger partial charge in [-0.05, 0) is 20.8 Å². The number of rotatable bonds is 17. The molecule has 0 saturated carbocycles. The minimum absolute atomic E-state index is 0.632. The standard InChI is InChI=1S/C19H16BrF19O8/c1-9(2,20)7(41)43-5-10(3,4-40)8(42)44-6-11(21,22)45-16(32,33)17(34,35)47-19(38,39)18(36,37)46-15(30,31)13(25,26)12(23,24)14(27,28)29/h40H,4-6H2,1-3H3. The number of alkyl halides is 20. The molecule has 1 unspecified atom stereocenters. The van der Waals surface area contributed by atoms with E-state index in [1.807, 2.05) is 0 Å². The summed E-state index contributed by atoms with van der Waals surface area (Å²) in [5.74, 6) is -19.5. The lowest BCUT2D eigenvalue weighted by Crippen LogP contribution is -2.65. The van der Waals surface area contributed by atoms with Gasteiger partial charge in [0.05, 0.1) is 6.61 Å². The molecule has 0 aromatic heterocycles. The first-order valence-corrected chi connectivity index (χ1v) is 11.8. The minimum Gasteiger partial charge on any atom is -0.463 e. The van der Waals surface area contributed by atoms with Crippen LogP contribution in [0.5, 0.6) is 0 Å². The van der Waals surface area contributed by atoms with Crippen LogP contribution >= 0.6 is 15.9 Å².